The number of carbonyl (C=O) groups excluding carboxylic acids is 1. The molecule has 2 N–H and O–H groups in total. The molecule has 1 aliphatic rings. The van der Waals surface area contributed by atoms with Crippen molar-refractivity contribution in [3.8, 4) is 5.88 Å². The average Bonchev–Trinajstić information content (AvgIpc) is 3.17. The van der Waals surface area contributed by atoms with E-state index in [1.807, 2.05) is 60.7 Å². The Labute approximate surface area is 211 Å². The third-order valence-electron chi connectivity index (χ3n) is 6.45. The van der Waals surface area contributed by atoms with Crippen molar-refractivity contribution < 1.29 is 9.90 Å². The van der Waals surface area contributed by atoms with Crippen LogP contribution in [-0.2, 0) is 11.2 Å². The Bertz CT molecular complexity index is 1200. The summed E-state index contributed by atoms with van der Waals surface area (Å²) in [7, 11) is 0. The number of anilines is 2. The number of carbonyl (C=O) groups is 1. The molecule has 0 aliphatic carbocycles. The highest BCUT2D eigenvalue weighted by Gasteiger charge is 2.27. The number of fused-ring (bicyclic) bond motifs is 1. The SMILES string of the molecule is CCC(=O)N1CCN(c2nc(NC(C)(C)Cc3ccc(Cl)cc3)c3cn(C(C)C)c(O)c3n2)CC1. The van der Waals surface area contributed by atoms with Gasteiger partial charge in [-0.3, -0.25) is 4.79 Å². The highest BCUT2D eigenvalue weighted by atomic mass is 35.5. The Kier molecular flexibility index (Phi) is 7.12. The van der Waals surface area contributed by atoms with Gasteiger partial charge in [0, 0.05) is 55.4 Å². The van der Waals surface area contributed by atoms with Crippen molar-refractivity contribution >= 4 is 40.2 Å². The molecule has 0 bridgehead atoms. The van der Waals surface area contributed by atoms with Crippen LogP contribution >= 0.6 is 11.6 Å². The maximum absolute atomic E-state index is 12.1. The molecule has 1 aromatic carbocycles. The fourth-order valence-electron chi connectivity index (χ4n) is 4.56. The Balaban J connectivity index is 1.67. The predicted octanol–water partition coefficient (Wildman–Crippen LogP) is 4.86. The lowest BCUT2D eigenvalue weighted by Crippen LogP contribution is -2.49. The summed E-state index contributed by atoms with van der Waals surface area (Å²) in [6, 6.07) is 7.94. The van der Waals surface area contributed by atoms with Crippen molar-refractivity contribution in [1.29, 1.82) is 0 Å². The molecule has 0 saturated carbocycles. The normalized spacial score (nSPS) is 14.7. The summed E-state index contributed by atoms with van der Waals surface area (Å²) in [6.07, 6.45) is 3.19. The molecular formula is C26H35ClN6O2. The van der Waals surface area contributed by atoms with Crippen molar-refractivity contribution in [2.24, 2.45) is 0 Å². The second-order valence-electron chi connectivity index (χ2n) is 10.1. The van der Waals surface area contributed by atoms with Crippen LogP contribution in [0.5, 0.6) is 5.88 Å². The molecule has 1 fully saturated rings. The largest absolute Gasteiger partial charge is 0.493 e. The zero-order valence-electron chi connectivity index (χ0n) is 21.2. The van der Waals surface area contributed by atoms with Gasteiger partial charge in [0.2, 0.25) is 17.7 Å². The first-order valence-corrected chi connectivity index (χ1v) is 12.6. The van der Waals surface area contributed by atoms with Crippen LogP contribution in [0.4, 0.5) is 11.8 Å². The summed E-state index contributed by atoms with van der Waals surface area (Å²) in [4.78, 5) is 25.8. The van der Waals surface area contributed by atoms with Crippen LogP contribution in [-0.4, -0.2) is 62.2 Å². The van der Waals surface area contributed by atoms with Gasteiger partial charge in [-0.1, -0.05) is 30.7 Å². The fourth-order valence-corrected chi connectivity index (χ4v) is 4.69. The Hall–Kier alpha value is -3.00. The second-order valence-corrected chi connectivity index (χ2v) is 10.6. The molecule has 2 aromatic heterocycles. The van der Waals surface area contributed by atoms with E-state index in [0.717, 1.165) is 17.4 Å². The number of amides is 1. The molecule has 1 aliphatic heterocycles. The molecule has 8 nitrogen and oxygen atoms in total. The zero-order valence-corrected chi connectivity index (χ0v) is 21.9. The van der Waals surface area contributed by atoms with Crippen LogP contribution in [0.1, 0.15) is 52.6 Å². The number of hydrogen-bond donors (Lipinski definition) is 2. The van der Waals surface area contributed by atoms with Crippen molar-refractivity contribution in [2.75, 3.05) is 36.4 Å². The topological polar surface area (TPSA) is 86.5 Å². The summed E-state index contributed by atoms with van der Waals surface area (Å²) < 4.78 is 1.82. The number of aromatic nitrogens is 3. The van der Waals surface area contributed by atoms with E-state index in [4.69, 9.17) is 21.6 Å². The molecule has 0 radical (unpaired) electrons. The second kappa shape index (κ2) is 9.93. The minimum absolute atomic E-state index is 0.0752. The van der Waals surface area contributed by atoms with Crippen LogP contribution in [0.15, 0.2) is 30.5 Å². The number of halogens is 1. The smallest absolute Gasteiger partial charge is 0.228 e. The molecule has 3 aromatic rings. The third-order valence-corrected chi connectivity index (χ3v) is 6.70. The molecule has 1 saturated heterocycles. The van der Waals surface area contributed by atoms with Gasteiger partial charge in [0.05, 0.1) is 5.39 Å². The predicted molar refractivity (Wildman–Crippen MR) is 142 cm³/mol. The van der Waals surface area contributed by atoms with E-state index in [2.05, 4.69) is 24.1 Å². The fraction of sp³-hybridized carbons (Fsp3) is 0.500. The van der Waals surface area contributed by atoms with Gasteiger partial charge in [0.15, 0.2) is 0 Å². The lowest BCUT2D eigenvalue weighted by Gasteiger charge is -2.35. The van der Waals surface area contributed by atoms with Gasteiger partial charge < -0.3 is 24.8 Å². The van der Waals surface area contributed by atoms with Gasteiger partial charge in [-0.15, -0.1) is 0 Å². The molecule has 4 rings (SSSR count). The van der Waals surface area contributed by atoms with Gasteiger partial charge in [-0.2, -0.15) is 4.98 Å². The lowest BCUT2D eigenvalue weighted by molar-refractivity contribution is -0.131. The Morgan fingerprint density at radius 3 is 2.40 bits per heavy atom. The van der Waals surface area contributed by atoms with E-state index in [0.29, 0.717) is 54.9 Å². The van der Waals surface area contributed by atoms with Gasteiger partial charge in [0.25, 0.3) is 0 Å². The molecule has 188 valence electrons. The first-order valence-electron chi connectivity index (χ1n) is 12.2. The van der Waals surface area contributed by atoms with E-state index in [1.165, 1.54) is 0 Å². The van der Waals surface area contributed by atoms with Crippen LogP contribution in [0, 0.1) is 0 Å². The molecule has 1 amide bonds. The number of aromatic hydroxyl groups is 1. The Morgan fingerprint density at radius 2 is 1.80 bits per heavy atom. The van der Waals surface area contributed by atoms with Gasteiger partial charge in [-0.25, -0.2) is 4.98 Å². The van der Waals surface area contributed by atoms with E-state index in [-0.39, 0.29) is 23.4 Å². The molecule has 0 spiro atoms. The highest BCUT2D eigenvalue weighted by molar-refractivity contribution is 6.30. The van der Waals surface area contributed by atoms with E-state index in [1.54, 1.807) is 0 Å². The minimum Gasteiger partial charge on any atom is -0.493 e. The van der Waals surface area contributed by atoms with Gasteiger partial charge >= 0.3 is 0 Å². The molecule has 0 atom stereocenters. The average molecular weight is 499 g/mol. The number of nitrogens with zero attached hydrogens (tertiary/aromatic N) is 5. The summed E-state index contributed by atoms with van der Waals surface area (Å²) >= 11 is 6.06. The van der Waals surface area contributed by atoms with Crippen LogP contribution < -0.4 is 10.2 Å². The van der Waals surface area contributed by atoms with Crippen molar-refractivity contribution in [2.45, 2.75) is 59.0 Å². The van der Waals surface area contributed by atoms with Gasteiger partial charge in [0.1, 0.15) is 11.3 Å². The first kappa shape index (κ1) is 25.1. The molecule has 3 heterocycles. The highest BCUT2D eigenvalue weighted by Crippen LogP contribution is 2.35. The minimum atomic E-state index is -0.325. The van der Waals surface area contributed by atoms with E-state index in [9.17, 15) is 9.90 Å². The van der Waals surface area contributed by atoms with Crippen molar-refractivity contribution in [3.63, 3.8) is 0 Å². The monoisotopic (exact) mass is 498 g/mol. The zero-order chi connectivity index (χ0) is 25.3. The first-order chi connectivity index (χ1) is 16.6. The summed E-state index contributed by atoms with van der Waals surface area (Å²) in [6.45, 7) is 12.8. The number of hydrogen-bond acceptors (Lipinski definition) is 6. The maximum Gasteiger partial charge on any atom is 0.228 e. The number of nitrogens with one attached hydrogen (secondary N) is 1. The number of piperazine rings is 1. The van der Waals surface area contributed by atoms with Crippen molar-refractivity contribution in [3.05, 3.63) is 41.0 Å². The van der Waals surface area contributed by atoms with Crippen LogP contribution in [0.2, 0.25) is 5.02 Å². The van der Waals surface area contributed by atoms with E-state index >= 15 is 0 Å². The third kappa shape index (κ3) is 5.48. The standard InChI is InChI=1S/C26H35ClN6O2/c1-6-21(34)31-11-13-32(14-12-31)25-28-22-20(16-33(17(2)3)24(22)35)23(29-25)30-26(4,5)15-18-7-9-19(27)10-8-18/h7-10,16-17,35H,6,11-15H2,1-5H3,(H,28,29,30). The number of benzene rings is 1. The van der Waals surface area contributed by atoms with Crippen LogP contribution in [0.25, 0.3) is 10.9 Å². The summed E-state index contributed by atoms with van der Waals surface area (Å²) in [5.41, 5.74) is 1.37. The van der Waals surface area contributed by atoms with Crippen molar-refractivity contribution in [1.82, 2.24) is 19.4 Å². The molecule has 35 heavy (non-hydrogen) atoms. The summed E-state index contributed by atoms with van der Waals surface area (Å²) in [5, 5.41) is 16.1. The van der Waals surface area contributed by atoms with E-state index < -0.39 is 0 Å². The molecule has 0 unspecified atom stereocenters. The molecule has 9 heteroatoms. The summed E-state index contributed by atoms with van der Waals surface area (Å²) in [5.74, 6) is 1.55. The maximum atomic E-state index is 12.1. The quantitative estimate of drug-likeness (QED) is 0.483. The lowest BCUT2D eigenvalue weighted by atomic mass is 9.95. The Morgan fingerprint density at radius 1 is 1.14 bits per heavy atom. The van der Waals surface area contributed by atoms with Crippen LogP contribution in [0.3, 0.4) is 0 Å². The molecular weight excluding hydrogens is 464 g/mol. The van der Waals surface area contributed by atoms with Gasteiger partial charge in [-0.05, 0) is 51.8 Å². The number of rotatable bonds is 7.